The Balaban J connectivity index is 1.67. The minimum Gasteiger partial charge on any atom is -0.481 e. The molecule has 0 saturated heterocycles. The summed E-state index contributed by atoms with van der Waals surface area (Å²) in [4.78, 5) is 24.4. The summed E-state index contributed by atoms with van der Waals surface area (Å²) in [6.45, 7) is 2.06. The molecule has 1 heterocycles. The fraction of sp³-hybridized carbons (Fsp3) is 0.333. The lowest BCUT2D eigenvalue weighted by atomic mass is 10.0. The number of carbonyl (C=O) groups excluding carboxylic acids is 1. The molecule has 3 atom stereocenters. The molecule has 4 nitrogen and oxygen atoms in total. The molecule has 0 spiro atoms. The van der Waals surface area contributed by atoms with Crippen LogP contribution in [0.1, 0.15) is 40.8 Å². The molecule has 120 valence electrons. The third kappa shape index (κ3) is 3.62. The first-order valence-corrected chi connectivity index (χ1v) is 8.55. The van der Waals surface area contributed by atoms with Crippen molar-refractivity contribution in [2.24, 2.45) is 5.92 Å². The summed E-state index contributed by atoms with van der Waals surface area (Å²) in [6, 6.07) is 11.4. The summed E-state index contributed by atoms with van der Waals surface area (Å²) in [5.74, 6) is -0.745. The molecule has 2 N–H and O–H groups in total. The van der Waals surface area contributed by atoms with Crippen LogP contribution in [0.25, 0.3) is 0 Å². The second-order valence-electron chi connectivity index (χ2n) is 5.98. The van der Waals surface area contributed by atoms with Crippen LogP contribution in [0.5, 0.6) is 0 Å². The molecular weight excluding hydrogens is 310 g/mol. The van der Waals surface area contributed by atoms with Crippen molar-refractivity contribution in [2.45, 2.75) is 31.7 Å². The van der Waals surface area contributed by atoms with Crippen molar-refractivity contribution in [1.82, 2.24) is 5.32 Å². The lowest BCUT2D eigenvalue weighted by Crippen LogP contribution is -2.31. The van der Waals surface area contributed by atoms with E-state index in [-0.39, 0.29) is 24.2 Å². The van der Waals surface area contributed by atoms with Crippen molar-refractivity contribution in [1.29, 1.82) is 0 Å². The van der Waals surface area contributed by atoms with Crippen molar-refractivity contribution in [3.63, 3.8) is 0 Å². The monoisotopic (exact) mass is 329 g/mol. The normalized spacial score (nSPS) is 20.7. The van der Waals surface area contributed by atoms with E-state index >= 15 is 0 Å². The van der Waals surface area contributed by atoms with Gasteiger partial charge in [0.05, 0.1) is 12.5 Å². The van der Waals surface area contributed by atoms with Gasteiger partial charge in [0.15, 0.2) is 0 Å². The third-order valence-electron chi connectivity index (χ3n) is 4.30. The smallest absolute Gasteiger partial charge is 0.305 e. The second-order valence-corrected chi connectivity index (χ2v) is 6.96. The third-order valence-corrected chi connectivity index (χ3v) is 5.28. The Morgan fingerprint density at radius 1 is 1.30 bits per heavy atom. The zero-order valence-electron chi connectivity index (χ0n) is 12.9. The van der Waals surface area contributed by atoms with Gasteiger partial charge in [-0.3, -0.25) is 9.59 Å². The first-order valence-electron chi connectivity index (χ1n) is 7.67. The van der Waals surface area contributed by atoms with Gasteiger partial charge in [0, 0.05) is 10.8 Å². The molecule has 1 aromatic heterocycles. The average Bonchev–Trinajstić information content (AvgIpc) is 3.11. The number of thiophene rings is 1. The van der Waals surface area contributed by atoms with Gasteiger partial charge in [0.25, 0.3) is 0 Å². The quantitative estimate of drug-likeness (QED) is 0.852. The Morgan fingerprint density at radius 3 is 2.74 bits per heavy atom. The van der Waals surface area contributed by atoms with Gasteiger partial charge < -0.3 is 10.4 Å². The summed E-state index contributed by atoms with van der Waals surface area (Å²) < 4.78 is 0. The predicted octanol–water partition coefficient (Wildman–Crippen LogP) is 3.49. The highest BCUT2D eigenvalue weighted by atomic mass is 32.1. The van der Waals surface area contributed by atoms with Gasteiger partial charge in [-0.1, -0.05) is 30.3 Å². The molecule has 3 rings (SSSR count). The Labute approximate surface area is 139 Å². The molecule has 1 fully saturated rings. The summed E-state index contributed by atoms with van der Waals surface area (Å²) in [6.07, 6.45) is 0.745. The van der Waals surface area contributed by atoms with Crippen molar-refractivity contribution in [3.8, 4) is 0 Å². The minimum atomic E-state index is -0.907. The average molecular weight is 329 g/mol. The molecule has 0 unspecified atom stereocenters. The largest absolute Gasteiger partial charge is 0.481 e. The first-order chi connectivity index (χ1) is 11.1. The van der Waals surface area contributed by atoms with Crippen molar-refractivity contribution in [3.05, 3.63) is 57.8 Å². The Kier molecular flexibility index (Phi) is 4.48. The first kappa shape index (κ1) is 15.7. The Hall–Kier alpha value is -2.14. The molecule has 1 amide bonds. The van der Waals surface area contributed by atoms with Crippen LogP contribution in [0, 0.1) is 12.8 Å². The fourth-order valence-electron chi connectivity index (χ4n) is 3.00. The summed E-state index contributed by atoms with van der Waals surface area (Å²) in [7, 11) is 0. The van der Waals surface area contributed by atoms with Crippen LogP contribution in [0.2, 0.25) is 0 Å². The second kappa shape index (κ2) is 6.54. The number of carboxylic acid groups (broad SMARTS) is 1. The molecule has 23 heavy (non-hydrogen) atoms. The Morgan fingerprint density at radius 2 is 2.09 bits per heavy atom. The number of nitrogens with one attached hydrogen (secondary N) is 1. The molecule has 2 aromatic rings. The number of aliphatic carboxylic acids is 1. The maximum atomic E-state index is 12.5. The number of hydrogen-bond donors (Lipinski definition) is 2. The van der Waals surface area contributed by atoms with Crippen LogP contribution < -0.4 is 5.32 Å². The molecule has 0 bridgehead atoms. The summed E-state index contributed by atoms with van der Waals surface area (Å²) in [5, 5.41) is 13.9. The highest BCUT2D eigenvalue weighted by Crippen LogP contribution is 2.48. The number of aryl methyl sites for hydroxylation is 1. The summed E-state index contributed by atoms with van der Waals surface area (Å²) >= 11 is 1.47. The lowest BCUT2D eigenvalue weighted by molar-refractivity contribution is -0.137. The number of rotatable bonds is 6. The molecule has 5 heteroatoms. The molecule has 0 aliphatic heterocycles. The SMILES string of the molecule is Cc1ccccc1[C@@H]1C[C@H]1C(=O)N[C@H](CC(=O)O)c1cccs1. The van der Waals surface area contributed by atoms with Gasteiger partial charge in [0.1, 0.15) is 0 Å². The fourth-order valence-corrected chi connectivity index (χ4v) is 3.77. The predicted molar refractivity (Wildman–Crippen MR) is 89.5 cm³/mol. The van der Waals surface area contributed by atoms with Crippen LogP contribution in [-0.4, -0.2) is 17.0 Å². The molecule has 1 saturated carbocycles. The van der Waals surface area contributed by atoms with Crippen LogP contribution in [0.15, 0.2) is 41.8 Å². The van der Waals surface area contributed by atoms with Gasteiger partial charge in [-0.15, -0.1) is 11.3 Å². The number of carboxylic acids is 1. The van der Waals surface area contributed by atoms with E-state index in [1.807, 2.05) is 29.6 Å². The van der Waals surface area contributed by atoms with E-state index in [0.29, 0.717) is 0 Å². The molecule has 0 radical (unpaired) electrons. The van der Waals surface area contributed by atoms with Crippen molar-refractivity contribution < 1.29 is 14.7 Å². The van der Waals surface area contributed by atoms with E-state index in [1.165, 1.54) is 22.5 Å². The topological polar surface area (TPSA) is 66.4 Å². The van der Waals surface area contributed by atoms with E-state index < -0.39 is 12.0 Å². The Bertz CT molecular complexity index is 711. The van der Waals surface area contributed by atoms with Crippen LogP contribution in [-0.2, 0) is 9.59 Å². The van der Waals surface area contributed by atoms with Crippen molar-refractivity contribution in [2.75, 3.05) is 0 Å². The van der Waals surface area contributed by atoms with Gasteiger partial charge in [-0.2, -0.15) is 0 Å². The van der Waals surface area contributed by atoms with E-state index in [1.54, 1.807) is 0 Å². The standard InChI is InChI=1S/C18H19NO3S/c1-11-5-2-3-6-12(11)13-9-14(13)18(22)19-15(10-17(20)21)16-7-4-8-23-16/h2-8,13-15H,9-10H2,1H3,(H,19,22)(H,20,21)/t13-,14+,15+/m0/s1. The minimum absolute atomic E-state index is 0.0436. The van der Waals surface area contributed by atoms with E-state index in [2.05, 4.69) is 24.4 Å². The maximum Gasteiger partial charge on any atom is 0.305 e. The number of amides is 1. The molecule has 1 aliphatic carbocycles. The zero-order chi connectivity index (χ0) is 16.4. The molecule has 1 aromatic carbocycles. The van der Waals surface area contributed by atoms with Crippen LogP contribution >= 0.6 is 11.3 Å². The maximum absolute atomic E-state index is 12.5. The lowest BCUT2D eigenvalue weighted by Gasteiger charge is -2.15. The highest BCUT2D eigenvalue weighted by molar-refractivity contribution is 7.10. The zero-order valence-corrected chi connectivity index (χ0v) is 13.7. The van der Waals surface area contributed by atoms with Crippen LogP contribution in [0.4, 0.5) is 0 Å². The van der Waals surface area contributed by atoms with E-state index in [0.717, 1.165) is 11.3 Å². The highest BCUT2D eigenvalue weighted by Gasteiger charge is 2.45. The molecular formula is C18H19NO3S. The number of carbonyl (C=O) groups is 2. The van der Waals surface area contributed by atoms with Crippen LogP contribution in [0.3, 0.4) is 0 Å². The molecule has 1 aliphatic rings. The van der Waals surface area contributed by atoms with Crippen molar-refractivity contribution >= 4 is 23.2 Å². The van der Waals surface area contributed by atoms with Gasteiger partial charge in [-0.25, -0.2) is 0 Å². The van der Waals surface area contributed by atoms with Gasteiger partial charge in [-0.05, 0) is 41.8 Å². The van der Waals surface area contributed by atoms with Gasteiger partial charge in [0.2, 0.25) is 5.91 Å². The van der Waals surface area contributed by atoms with E-state index in [4.69, 9.17) is 5.11 Å². The van der Waals surface area contributed by atoms with Gasteiger partial charge >= 0.3 is 5.97 Å². The number of hydrogen-bond acceptors (Lipinski definition) is 3. The number of benzene rings is 1. The summed E-state index contributed by atoms with van der Waals surface area (Å²) in [5.41, 5.74) is 2.42. The van der Waals surface area contributed by atoms with E-state index in [9.17, 15) is 9.59 Å².